The summed E-state index contributed by atoms with van der Waals surface area (Å²) in [6.07, 6.45) is 0. The van der Waals surface area contributed by atoms with E-state index in [9.17, 15) is 9.50 Å². The molecule has 0 saturated carbocycles. The first kappa shape index (κ1) is 18.3. The third-order valence-electron chi connectivity index (χ3n) is 4.71. The largest absolute Gasteiger partial charge is 0.396 e. The Kier molecular flexibility index (Phi) is 6.96. The standard InChI is InChI=1S/C18H29FN2O2/c1-14-4-5-15(18(19)8-14)10-21-11-16(17(12-21)13-22)9-20(2)6-7-23-3/h4-5,8,16-17,22H,6-7,9-13H2,1-3H3/t16-,17-/m1/s1. The van der Waals surface area contributed by atoms with Crippen LogP contribution >= 0.6 is 0 Å². The maximum Gasteiger partial charge on any atom is 0.127 e. The quantitative estimate of drug-likeness (QED) is 0.790. The Morgan fingerprint density at radius 1 is 1.35 bits per heavy atom. The fraction of sp³-hybridized carbons (Fsp3) is 0.667. The van der Waals surface area contributed by atoms with Crippen molar-refractivity contribution in [2.75, 3.05) is 53.6 Å². The summed E-state index contributed by atoms with van der Waals surface area (Å²) in [5, 5.41) is 9.66. The summed E-state index contributed by atoms with van der Waals surface area (Å²) >= 11 is 0. The molecule has 4 nitrogen and oxygen atoms in total. The van der Waals surface area contributed by atoms with Gasteiger partial charge >= 0.3 is 0 Å². The van der Waals surface area contributed by atoms with Crippen LogP contribution in [0.1, 0.15) is 11.1 Å². The van der Waals surface area contributed by atoms with Crippen molar-refractivity contribution in [1.29, 1.82) is 0 Å². The molecule has 1 aromatic carbocycles. The van der Waals surface area contributed by atoms with Crippen molar-refractivity contribution in [3.05, 3.63) is 35.1 Å². The van der Waals surface area contributed by atoms with Crippen LogP contribution in [0.5, 0.6) is 0 Å². The van der Waals surface area contributed by atoms with Crippen LogP contribution in [-0.2, 0) is 11.3 Å². The summed E-state index contributed by atoms with van der Waals surface area (Å²) in [7, 11) is 3.79. The van der Waals surface area contributed by atoms with E-state index in [0.717, 1.165) is 37.3 Å². The zero-order chi connectivity index (χ0) is 16.8. The molecule has 5 heteroatoms. The molecule has 0 aromatic heterocycles. The Bertz CT molecular complexity index is 498. The Morgan fingerprint density at radius 2 is 2.09 bits per heavy atom. The fourth-order valence-corrected chi connectivity index (χ4v) is 3.34. The van der Waals surface area contributed by atoms with E-state index in [1.165, 1.54) is 0 Å². The van der Waals surface area contributed by atoms with Crippen molar-refractivity contribution < 1.29 is 14.2 Å². The number of ether oxygens (including phenoxy) is 1. The summed E-state index contributed by atoms with van der Waals surface area (Å²) in [5.74, 6) is 0.537. The zero-order valence-electron chi connectivity index (χ0n) is 14.5. The summed E-state index contributed by atoms with van der Waals surface area (Å²) in [5.41, 5.74) is 1.68. The van der Waals surface area contributed by atoms with Crippen LogP contribution in [-0.4, -0.2) is 68.5 Å². The molecule has 0 unspecified atom stereocenters. The van der Waals surface area contributed by atoms with Gasteiger partial charge in [0.2, 0.25) is 0 Å². The average Bonchev–Trinajstić information content (AvgIpc) is 2.89. The number of aliphatic hydroxyl groups is 1. The maximum absolute atomic E-state index is 14.0. The molecule has 2 atom stereocenters. The van der Waals surface area contributed by atoms with Gasteiger partial charge in [-0.1, -0.05) is 12.1 Å². The van der Waals surface area contributed by atoms with E-state index < -0.39 is 0 Å². The second-order valence-corrected chi connectivity index (χ2v) is 6.75. The summed E-state index contributed by atoms with van der Waals surface area (Å²) in [6.45, 7) is 6.96. The molecule has 23 heavy (non-hydrogen) atoms. The first-order valence-electron chi connectivity index (χ1n) is 8.29. The number of benzene rings is 1. The van der Waals surface area contributed by atoms with Gasteiger partial charge in [-0.25, -0.2) is 4.39 Å². The van der Waals surface area contributed by atoms with Gasteiger partial charge in [0.15, 0.2) is 0 Å². The lowest BCUT2D eigenvalue weighted by atomic mass is 9.96. The lowest BCUT2D eigenvalue weighted by Crippen LogP contribution is -2.33. The third-order valence-corrected chi connectivity index (χ3v) is 4.71. The molecular weight excluding hydrogens is 295 g/mol. The van der Waals surface area contributed by atoms with Crippen LogP contribution in [0.4, 0.5) is 4.39 Å². The van der Waals surface area contributed by atoms with Gasteiger partial charge in [-0.05, 0) is 37.4 Å². The van der Waals surface area contributed by atoms with E-state index in [2.05, 4.69) is 16.8 Å². The van der Waals surface area contributed by atoms with Crippen LogP contribution < -0.4 is 0 Å². The molecule has 0 amide bonds. The molecule has 1 aliphatic heterocycles. The fourth-order valence-electron chi connectivity index (χ4n) is 3.34. The SMILES string of the molecule is COCCN(C)C[C@@H]1CN(Cc2ccc(C)cc2F)C[C@@H]1CO. The third kappa shape index (κ3) is 5.24. The zero-order valence-corrected chi connectivity index (χ0v) is 14.5. The Labute approximate surface area is 138 Å². The number of aliphatic hydroxyl groups excluding tert-OH is 1. The molecule has 130 valence electrons. The highest BCUT2D eigenvalue weighted by Gasteiger charge is 2.33. The summed E-state index contributed by atoms with van der Waals surface area (Å²) in [6, 6.07) is 5.41. The topological polar surface area (TPSA) is 35.9 Å². The first-order chi connectivity index (χ1) is 11.0. The van der Waals surface area contributed by atoms with Gasteiger partial charge in [-0.2, -0.15) is 0 Å². The van der Waals surface area contributed by atoms with Crippen molar-refractivity contribution in [2.45, 2.75) is 13.5 Å². The highest BCUT2D eigenvalue weighted by Crippen LogP contribution is 2.26. The smallest absolute Gasteiger partial charge is 0.127 e. The monoisotopic (exact) mass is 324 g/mol. The molecule has 0 bridgehead atoms. The Morgan fingerprint density at radius 3 is 2.74 bits per heavy atom. The predicted octanol–water partition coefficient (Wildman–Crippen LogP) is 1.75. The number of nitrogens with zero attached hydrogens (tertiary/aromatic N) is 2. The van der Waals surface area contributed by atoms with Crippen LogP contribution in [0.15, 0.2) is 18.2 Å². The molecule has 1 aliphatic rings. The van der Waals surface area contributed by atoms with Crippen molar-refractivity contribution in [3.63, 3.8) is 0 Å². The number of likely N-dealkylation sites (N-methyl/N-ethyl adjacent to an activating group) is 1. The summed E-state index contributed by atoms with van der Waals surface area (Å²) < 4.78 is 19.1. The van der Waals surface area contributed by atoms with Gasteiger partial charge in [0.25, 0.3) is 0 Å². The minimum absolute atomic E-state index is 0.133. The predicted molar refractivity (Wildman–Crippen MR) is 89.9 cm³/mol. The molecule has 1 N–H and O–H groups in total. The molecule has 1 fully saturated rings. The molecule has 0 radical (unpaired) electrons. The number of aryl methyl sites for hydroxylation is 1. The van der Waals surface area contributed by atoms with E-state index in [1.54, 1.807) is 13.2 Å². The van der Waals surface area contributed by atoms with Gasteiger partial charge in [-0.3, -0.25) is 4.90 Å². The normalized spacial score (nSPS) is 22.2. The van der Waals surface area contributed by atoms with Gasteiger partial charge in [-0.15, -0.1) is 0 Å². The number of hydrogen-bond donors (Lipinski definition) is 1. The Balaban J connectivity index is 1.92. The van der Waals surface area contributed by atoms with Crippen LogP contribution in [0.2, 0.25) is 0 Å². The minimum atomic E-state index is -0.133. The summed E-state index contributed by atoms with van der Waals surface area (Å²) in [4.78, 5) is 4.50. The molecule has 0 aliphatic carbocycles. The maximum atomic E-state index is 14.0. The number of likely N-dealkylation sites (tertiary alicyclic amines) is 1. The van der Waals surface area contributed by atoms with Crippen molar-refractivity contribution in [2.24, 2.45) is 11.8 Å². The molecule has 1 aromatic rings. The minimum Gasteiger partial charge on any atom is -0.396 e. The van der Waals surface area contributed by atoms with Crippen molar-refractivity contribution in [3.8, 4) is 0 Å². The highest BCUT2D eigenvalue weighted by molar-refractivity contribution is 5.23. The number of halogens is 1. The lowest BCUT2D eigenvalue weighted by Gasteiger charge is -2.23. The van der Waals surface area contributed by atoms with Crippen LogP contribution in [0.25, 0.3) is 0 Å². The number of hydrogen-bond acceptors (Lipinski definition) is 4. The van der Waals surface area contributed by atoms with Gasteiger partial charge < -0.3 is 14.7 Å². The average molecular weight is 324 g/mol. The highest BCUT2D eigenvalue weighted by atomic mass is 19.1. The molecule has 2 rings (SSSR count). The van der Waals surface area contributed by atoms with Gasteiger partial charge in [0.05, 0.1) is 6.61 Å². The number of methoxy groups -OCH3 is 1. The Hall–Kier alpha value is -1.01. The first-order valence-corrected chi connectivity index (χ1v) is 8.29. The van der Waals surface area contributed by atoms with Crippen molar-refractivity contribution >= 4 is 0 Å². The van der Waals surface area contributed by atoms with E-state index in [-0.39, 0.29) is 18.3 Å². The van der Waals surface area contributed by atoms with Crippen molar-refractivity contribution in [1.82, 2.24) is 9.80 Å². The van der Waals surface area contributed by atoms with E-state index in [0.29, 0.717) is 19.1 Å². The van der Waals surface area contributed by atoms with Crippen LogP contribution in [0, 0.1) is 24.6 Å². The van der Waals surface area contributed by atoms with Crippen LogP contribution in [0.3, 0.4) is 0 Å². The van der Waals surface area contributed by atoms with E-state index in [1.807, 2.05) is 19.1 Å². The molecule has 1 saturated heterocycles. The van der Waals surface area contributed by atoms with Gasteiger partial charge in [0, 0.05) is 52.0 Å². The second-order valence-electron chi connectivity index (χ2n) is 6.75. The second kappa shape index (κ2) is 8.73. The molecule has 1 heterocycles. The lowest BCUT2D eigenvalue weighted by molar-refractivity contribution is 0.136. The van der Waals surface area contributed by atoms with E-state index >= 15 is 0 Å². The molecular formula is C18H29FN2O2. The van der Waals surface area contributed by atoms with Gasteiger partial charge in [0.1, 0.15) is 5.82 Å². The van der Waals surface area contributed by atoms with E-state index in [4.69, 9.17) is 4.74 Å². The molecule has 0 spiro atoms. The number of rotatable bonds is 8.